The first kappa shape index (κ1) is 21.4. The number of thiazole rings is 1. The highest BCUT2D eigenvalue weighted by Crippen LogP contribution is 2.38. The first-order valence-corrected chi connectivity index (χ1v) is 10.9. The lowest BCUT2D eigenvalue weighted by Gasteiger charge is -2.27. The average Bonchev–Trinajstić information content (AvgIpc) is 2.65. The average molecular weight is 396 g/mol. The molecule has 138 valence electrons. The van der Waals surface area contributed by atoms with Gasteiger partial charge in [0.15, 0.2) is 4.34 Å². The number of rotatable bonds is 7. The predicted octanol–water partition coefficient (Wildman–Crippen LogP) is 3.18. The summed E-state index contributed by atoms with van der Waals surface area (Å²) in [6, 6.07) is 0. The molecule has 0 aliphatic heterocycles. The zero-order valence-electron chi connectivity index (χ0n) is 15.1. The van der Waals surface area contributed by atoms with Gasteiger partial charge in [-0.25, -0.2) is 4.98 Å². The summed E-state index contributed by atoms with van der Waals surface area (Å²) >= 11 is 2.78. The normalized spacial score (nSPS) is 13.1. The number of esters is 1. The second-order valence-corrected chi connectivity index (χ2v) is 11.5. The second-order valence-electron chi connectivity index (χ2n) is 6.88. The van der Waals surface area contributed by atoms with Gasteiger partial charge < -0.3 is 4.74 Å². The van der Waals surface area contributed by atoms with Gasteiger partial charge in [-0.2, -0.15) is 8.42 Å². The van der Waals surface area contributed by atoms with Crippen molar-refractivity contribution in [3.05, 3.63) is 10.6 Å². The predicted molar refractivity (Wildman–Crippen MR) is 97.1 cm³/mol. The number of hydrogen-bond acceptors (Lipinski definition) is 8. The first-order valence-electron chi connectivity index (χ1n) is 7.43. The molecule has 6 nitrogen and oxygen atoms in total. The van der Waals surface area contributed by atoms with Crippen LogP contribution in [0, 0.1) is 6.92 Å². The molecular formula is C15H25NO5S3. The van der Waals surface area contributed by atoms with Gasteiger partial charge in [0.25, 0.3) is 10.1 Å². The van der Waals surface area contributed by atoms with E-state index in [0.29, 0.717) is 6.42 Å². The molecule has 1 aromatic heterocycles. The van der Waals surface area contributed by atoms with E-state index in [4.69, 9.17) is 8.92 Å². The van der Waals surface area contributed by atoms with Crippen LogP contribution in [-0.2, 0) is 30.3 Å². The van der Waals surface area contributed by atoms with Crippen molar-refractivity contribution in [2.75, 3.05) is 12.9 Å². The van der Waals surface area contributed by atoms with Gasteiger partial charge in [-0.15, -0.1) is 11.3 Å². The third-order valence-corrected chi connectivity index (χ3v) is 5.78. The molecule has 0 spiro atoms. The summed E-state index contributed by atoms with van der Waals surface area (Å²) < 4.78 is 32.2. The number of nitrogens with zero attached hydrogens (tertiary/aromatic N) is 1. The molecular weight excluding hydrogens is 370 g/mol. The molecule has 1 heterocycles. The molecule has 0 unspecified atom stereocenters. The fourth-order valence-corrected chi connectivity index (χ4v) is 4.62. The van der Waals surface area contributed by atoms with Crippen LogP contribution in [0.1, 0.15) is 45.2 Å². The van der Waals surface area contributed by atoms with Gasteiger partial charge in [0.2, 0.25) is 0 Å². The summed E-state index contributed by atoms with van der Waals surface area (Å²) in [7, 11) is -3.44. The molecule has 1 rings (SSSR count). The summed E-state index contributed by atoms with van der Waals surface area (Å²) in [6.07, 6.45) is 1.49. The van der Waals surface area contributed by atoms with Gasteiger partial charge in [-0.05, 0) is 41.5 Å². The number of aromatic nitrogens is 1. The summed E-state index contributed by atoms with van der Waals surface area (Å²) in [5.74, 6) is -0.296. The van der Waals surface area contributed by atoms with Gasteiger partial charge in [0.1, 0.15) is 10.3 Å². The van der Waals surface area contributed by atoms with Crippen LogP contribution in [0.4, 0.5) is 0 Å². The standard InChI is InChI=1S/C15H25NO5S3/c1-10-11(8-9-20-24(7,18)19)22-13(16-10)23-15(5,6)12(17)21-14(2,3)4/h8-9H2,1-7H3. The quantitative estimate of drug-likeness (QED) is 0.398. The maximum Gasteiger partial charge on any atom is 0.322 e. The van der Waals surface area contributed by atoms with Crippen molar-refractivity contribution in [1.29, 1.82) is 0 Å². The smallest absolute Gasteiger partial charge is 0.322 e. The van der Waals surface area contributed by atoms with Crippen molar-refractivity contribution in [1.82, 2.24) is 4.98 Å². The Bertz CT molecular complexity index is 686. The summed E-state index contributed by atoms with van der Waals surface area (Å²) in [5.41, 5.74) is 0.279. The fourth-order valence-electron chi connectivity index (χ4n) is 1.62. The van der Waals surface area contributed by atoms with Gasteiger partial charge in [0.05, 0.1) is 18.6 Å². The van der Waals surface area contributed by atoms with Crippen molar-refractivity contribution < 1.29 is 22.1 Å². The summed E-state index contributed by atoms with van der Waals surface area (Å²) in [5, 5.41) is 0. The van der Waals surface area contributed by atoms with E-state index in [9.17, 15) is 13.2 Å². The highest BCUT2D eigenvalue weighted by Gasteiger charge is 2.35. The van der Waals surface area contributed by atoms with Crippen molar-refractivity contribution in [2.24, 2.45) is 0 Å². The zero-order valence-corrected chi connectivity index (χ0v) is 17.6. The van der Waals surface area contributed by atoms with Crippen LogP contribution in [0.15, 0.2) is 4.34 Å². The third-order valence-electron chi connectivity index (χ3n) is 2.73. The zero-order chi connectivity index (χ0) is 18.8. The molecule has 0 aliphatic carbocycles. The van der Waals surface area contributed by atoms with Crippen molar-refractivity contribution >= 4 is 39.2 Å². The van der Waals surface area contributed by atoms with E-state index < -0.39 is 20.5 Å². The number of hydrogen-bond donors (Lipinski definition) is 0. The summed E-state index contributed by atoms with van der Waals surface area (Å²) in [6.45, 7) is 11.0. The van der Waals surface area contributed by atoms with E-state index in [1.807, 2.05) is 27.7 Å². The largest absolute Gasteiger partial charge is 0.459 e. The van der Waals surface area contributed by atoms with Crippen LogP contribution in [-0.4, -0.2) is 42.6 Å². The topological polar surface area (TPSA) is 82.6 Å². The Morgan fingerprint density at radius 1 is 1.25 bits per heavy atom. The van der Waals surface area contributed by atoms with E-state index in [0.717, 1.165) is 21.2 Å². The highest BCUT2D eigenvalue weighted by atomic mass is 32.2. The molecule has 0 saturated carbocycles. The van der Waals surface area contributed by atoms with Crippen LogP contribution in [0.5, 0.6) is 0 Å². The Morgan fingerprint density at radius 2 is 1.83 bits per heavy atom. The lowest BCUT2D eigenvalue weighted by molar-refractivity contribution is -0.156. The van der Waals surface area contributed by atoms with Crippen molar-refractivity contribution in [2.45, 2.75) is 62.7 Å². The van der Waals surface area contributed by atoms with Crippen molar-refractivity contribution in [3.63, 3.8) is 0 Å². The number of aryl methyl sites for hydroxylation is 1. The number of carbonyl (C=O) groups excluding carboxylic acids is 1. The maximum atomic E-state index is 12.3. The van der Waals surface area contributed by atoms with E-state index in [-0.39, 0.29) is 12.6 Å². The monoisotopic (exact) mass is 395 g/mol. The molecule has 0 saturated heterocycles. The Labute approximate surface area is 152 Å². The minimum atomic E-state index is -3.44. The van der Waals surface area contributed by atoms with E-state index in [1.165, 1.54) is 23.1 Å². The van der Waals surface area contributed by atoms with Crippen LogP contribution in [0.2, 0.25) is 0 Å². The molecule has 0 fully saturated rings. The SMILES string of the molecule is Cc1nc(SC(C)(C)C(=O)OC(C)(C)C)sc1CCOS(C)(=O)=O. The second kappa shape index (κ2) is 7.72. The third kappa shape index (κ3) is 7.50. The molecule has 0 atom stereocenters. The van der Waals surface area contributed by atoms with E-state index in [2.05, 4.69) is 4.98 Å². The minimum Gasteiger partial charge on any atom is -0.459 e. The van der Waals surface area contributed by atoms with Crippen LogP contribution in [0.25, 0.3) is 0 Å². The lowest BCUT2D eigenvalue weighted by Crippen LogP contribution is -2.36. The molecule has 0 amide bonds. The Hall–Kier alpha value is -0.640. The van der Waals surface area contributed by atoms with Gasteiger partial charge in [0, 0.05) is 11.3 Å². The minimum absolute atomic E-state index is 0.0848. The number of ether oxygens (including phenoxy) is 1. The lowest BCUT2D eigenvalue weighted by atomic mass is 10.1. The Morgan fingerprint density at radius 3 is 2.33 bits per heavy atom. The van der Waals surface area contributed by atoms with Gasteiger partial charge in [-0.1, -0.05) is 11.8 Å². The van der Waals surface area contributed by atoms with E-state index >= 15 is 0 Å². The van der Waals surface area contributed by atoms with Crippen LogP contribution in [0.3, 0.4) is 0 Å². The molecule has 24 heavy (non-hydrogen) atoms. The molecule has 0 radical (unpaired) electrons. The molecule has 9 heteroatoms. The van der Waals surface area contributed by atoms with Gasteiger partial charge >= 0.3 is 5.97 Å². The maximum absolute atomic E-state index is 12.3. The fraction of sp³-hybridized carbons (Fsp3) is 0.733. The first-order chi connectivity index (χ1) is 10.7. The number of carbonyl (C=O) groups is 1. The molecule has 1 aromatic rings. The van der Waals surface area contributed by atoms with Crippen LogP contribution < -0.4 is 0 Å². The number of thioether (sulfide) groups is 1. The molecule has 0 N–H and O–H groups in total. The Kier molecular flexibility index (Phi) is 6.88. The molecule has 0 bridgehead atoms. The van der Waals surface area contributed by atoms with Gasteiger partial charge in [-0.3, -0.25) is 8.98 Å². The summed E-state index contributed by atoms with van der Waals surface area (Å²) in [4.78, 5) is 17.7. The van der Waals surface area contributed by atoms with Crippen molar-refractivity contribution in [3.8, 4) is 0 Å². The highest BCUT2D eigenvalue weighted by molar-refractivity contribution is 8.03. The Balaban J connectivity index is 2.75. The molecule has 0 aromatic carbocycles. The van der Waals surface area contributed by atoms with E-state index in [1.54, 1.807) is 13.8 Å². The molecule has 0 aliphatic rings. The van der Waals surface area contributed by atoms with Crippen LogP contribution >= 0.6 is 23.1 Å².